The number of nitriles is 2. The lowest BCUT2D eigenvalue weighted by Gasteiger charge is -2.22. The van der Waals surface area contributed by atoms with Crippen molar-refractivity contribution >= 4 is 12.0 Å². The lowest BCUT2D eigenvalue weighted by molar-refractivity contribution is -0.139. The Morgan fingerprint density at radius 2 is 1.77 bits per heavy atom. The third-order valence-corrected chi connectivity index (χ3v) is 7.07. The highest BCUT2D eigenvalue weighted by Gasteiger charge is 2.26. The van der Waals surface area contributed by atoms with Crippen LogP contribution in [0.5, 0.6) is 0 Å². The fourth-order valence-electron chi connectivity index (χ4n) is 5.24. The zero-order chi connectivity index (χ0) is 29.0. The summed E-state index contributed by atoms with van der Waals surface area (Å²) >= 11 is 0. The number of aliphatic hydroxyl groups is 2. The number of hydrogen-bond acceptors (Lipinski definition) is 6. The van der Waals surface area contributed by atoms with Gasteiger partial charge in [0.1, 0.15) is 18.0 Å². The van der Waals surface area contributed by atoms with Crippen LogP contribution in [0.1, 0.15) is 72.5 Å². The van der Waals surface area contributed by atoms with Crippen LogP contribution in [0.15, 0.2) is 42.5 Å². The van der Waals surface area contributed by atoms with Crippen LogP contribution in [0.2, 0.25) is 0 Å². The average Bonchev–Trinajstić information content (AvgIpc) is 3.08. The Morgan fingerprint density at radius 3 is 2.40 bits per heavy atom. The van der Waals surface area contributed by atoms with E-state index in [0.29, 0.717) is 24.1 Å². The van der Waals surface area contributed by atoms with Crippen LogP contribution in [0.25, 0.3) is 28.5 Å². The molecule has 40 heavy (non-hydrogen) atoms. The second kappa shape index (κ2) is 12.2. The Kier molecular flexibility index (Phi) is 8.74. The molecule has 1 heterocycles. The van der Waals surface area contributed by atoms with Crippen molar-refractivity contribution in [2.75, 3.05) is 0 Å². The third-order valence-electron chi connectivity index (χ3n) is 7.07. The number of fused-ring (bicyclic) bond motifs is 3. The molecule has 0 unspecified atom stereocenters. The molecule has 3 aromatic rings. The molecular formula is C32H30FN3O4. The minimum atomic E-state index is -1.20. The number of aliphatic hydroxyl groups excluding tert-OH is 2. The van der Waals surface area contributed by atoms with E-state index >= 15 is 0 Å². The summed E-state index contributed by atoms with van der Waals surface area (Å²) in [6.45, 7) is 3.98. The van der Waals surface area contributed by atoms with E-state index in [1.807, 2.05) is 13.8 Å². The molecule has 0 amide bonds. The first-order chi connectivity index (χ1) is 19.1. The molecule has 1 aromatic heterocycles. The van der Waals surface area contributed by atoms with Gasteiger partial charge in [0.05, 0.1) is 41.1 Å². The minimum Gasteiger partial charge on any atom is -0.481 e. The van der Waals surface area contributed by atoms with E-state index in [1.165, 1.54) is 18.2 Å². The summed E-state index contributed by atoms with van der Waals surface area (Å²) in [5.74, 6) is -1.58. The summed E-state index contributed by atoms with van der Waals surface area (Å²) in [5, 5.41) is 48.8. The van der Waals surface area contributed by atoms with Gasteiger partial charge in [-0.2, -0.15) is 10.5 Å². The number of rotatable bonds is 8. The van der Waals surface area contributed by atoms with Crippen molar-refractivity contribution in [3.63, 3.8) is 0 Å². The van der Waals surface area contributed by atoms with Gasteiger partial charge in [0.15, 0.2) is 0 Å². The molecule has 0 bridgehead atoms. The van der Waals surface area contributed by atoms with E-state index in [2.05, 4.69) is 12.1 Å². The van der Waals surface area contributed by atoms with Gasteiger partial charge in [-0.05, 0) is 71.7 Å². The van der Waals surface area contributed by atoms with Gasteiger partial charge in [-0.25, -0.2) is 4.39 Å². The summed E-state index contributed by atoms with van der Waals surface area (Å²) in [4.78, 5) is 16.0. The van der Waals surface area contributed by atoms with Gasteiger partial charge >= 0.3 is 5.97 Å². The molecule has 0 radical (unpaired) electrons. The Balaban J connectivity index is 1.97. The quantitative estimate of drug-likeness (QED) is 0.343. The molecule has 3 N–H and O–H groups in total. The zero-order valence-electron chi connectivity index (χ0n) is 22.4. The lowest BCUT2D eigenvalue weighted by atomic mass is 9.86. The molecule has 204 valence electrons. The molecule has 8 heteroatoms. The molecule has 1 aliphatic carbocycles. The fourth-order valence-corrected chi connectivity index (χ4v) is 5.24. The van der Waals surface area contributed by atoms with E-state index in [1.54, 1.807) is 30.3 Å². The highest BCUT2D eigenvalue weighted by Crippen LogP contribution is 2.42. The normalized spacial score (nSPS) is 14.1. The van der Waals surface area contributed by atoms with E-state index in [9.17, 15) is 29.9 Å². The Morgan fingerprint density at radius 1 is 1.10 bits per heavy atom. The molecule has 2 atom stereocenters. The van der Waals surface area contributed by atoms with Crippen molar-refractivity contribution in [2.45, 2.75) is 64.1 Å². The Labute approximate surface area is 232 Å². The highest BCUT2D eigenvalue weighted by molar-refractivity contribution is 5.86. The second-order valence-electron chi connectivity index (χ2n) is 10.3. The molecule has 0 spiro atoms. The number of carboxylic acid groups (broad SMARTS) is 1. The summed E-state index contributed by atoms with van der Waals surface area (Å²) in [6, 6.07) is 13.9. The van der Waals surface area contributed by atoms with Crippen LogP contribution in [-0.4, -0.2) is 38.5 Å². The first-order valence-electron chi connectivity index (χ1n) is 13.2. The first kappa shape index (κ1) is 28.6. The monoisotopic (exact) mass is 539 g/mol. The van der Waals surface area contributed by atoms with Crippen LogP contribution in [0, 0.1) is 28.5 Å². The van der Waals surface area contributed by atoms with Gasteiger partial charge in [0.2, 0.25) is 0 Å². The second-order valence-corrected chi connectivity index (χ2v) is 10.3. The van der Waals surface area contributed by atoms with E-state index in [0.717, 1.165) is 45.5 Å². The fraction of sp³-hybridized carbons (Fsp3) is 0.312. The maximum Gasteiger partial charge on any atom is 0.305 e. The molecule has 0 aliphatic heterocycles. The molecule has 2 aromatic carbocycles. The standard InChI is InChI=1S/C32H30FN3O4/c1-18(2)31-27(11-10-24(37)14-25(38)15-29(39)40)30(19-6-8-23(33)9-7-19)26-5-3-4-20-12-21(16-34)22(17-35)13-28(20)32(26)36-31/h6-13,18,24-25,37-38H,3-5,14-15H2,1-2H3,(H,39,40)/b11-10+/t24-,25-/m1/s1. The van der Waals surface area contributed by atoms with Gasteiger partial charge in [0.25, 0.3) is 0 Å². The first-order valence-corrected chi connectivity index (χ1v) is 13.2. The average molecular weight is 540 g/mol. The Hall–Kier alpha value is -4.37. The smallest absolute Gasteiger partial charge is 0.305 e. The number of aliphatic carboxylic acids is 1. The van der Waals surface area contributed by atoms with Crippen LogP contribution in [0.3, 0.4) is 0 Å². The number of pyridine rings is 1. The van der Waals surface area contributed by atoms with E-state index < -0.39 is 24.6 Å². The summed E-state index contributed by atoms with van der Waals surface area (Å²) in [6.07, 6.45) is 2.45. The van der Waals surface area contributed by atoms with Crippen molar-refractivity contribution in [1.29, 1.82) is 10.5 Å². The maximum absolute atomic E-state index is 14.0. The number of carbonyl (C=O) groups is 1. The number of hydrogen-bond donors (Lipinski definition) is 3. The number of aryl methyl sites for hydroxylation is 1. The predicted octanol–water partition coefficient (Wildman–Crippen LogP) is 5.51. The van der Waals surface area contributed by atoms with Crippen molar-refractivity contribution in [1.82, 2.24) is 4.98 Å². The molecule has 0 saturated carbocycles. The van der Waals surface area contributed by atoms with Crippen molar-refractivity contribution in [3.05, 3.63) is 81.8 Å². The number of halogens is 1. The SMILES string of the molecule is CC(C)c1nc2c(c(-c3ccc(F)cc3)c1/C=C/[C@@H](O)C[C@@H](O)CC(=O)O)CCCc1cc(C#N)c(C#N)cc1-2. The van der Waals surface area contributed by atoms with Gasteiger partial charge < -0.3 is 15.3 Å². The molecular weight excluding hydrogens is 509 g/mol. The third kappa shape index (κ3) is 6.10. The zero-order valence-corrected chi connectivity index (χ0v) is 22.4. The number of nitrogens with zero attached hydrogens (tertiary/aromatic N) is 3. The number of benzene rings is 2. The van der Waals surface area contributed by atoms with E-state index in [-0.39, 0.29) is 23.7 Å². The topological polar surface area (TPSA) is 138 Å². The van der Waals surface area contributed by atoms with Crippen molar-refractivity contribution < 1.29 is 24.5 Å². The van der Waals surface area contributed by atoms with Gasteiger partial charge in [-0.1, -0.05) is 38.1 Å². The molecule has 4 rings (SSSR count). The van der Waals surface area contributed by atoms with Crippen molar-refractivity contribution in [3.8, 4) is 34.5 Å². The maximum atomic E-state index is 14.0. The van der Waals surface area contributed by atoms with Crippen molar-refractivity contribution in [2.24, 2.45) is 0 Å². The summed E-state index contributed by atoms with van der Waals surface area (Å²) in [5.41, 5.74) is 7.03. The number of carboxylic acids is 1. The van der Waals surface area contributed by atoms with Crippen LogP contribution in [-0.2, 0) is 17.6 Å². The molecule has 7 nitrogen and oxygen atoms in total. The minimum absolute atomic E-state index is 0.0561. The van der Waals surface area contributed by atoms with Crippen LogP contribution >= 0.6 is 0 Å². The largest absolute Gasteiger partial charge is 0.481 e. The number of aromatic nitrogens is 1. The van der Waals surface area contributed by atoms with Crippen LogP contribution in [0.4, 0.5) is 4.39 Å². The summed E-state index contributed by atoms with van der Waals surface area (Å²) < 4.78 is 14.0. The predicted molar refractivity (Wildman–Crippen MR) is 149 cm³/mol. The molecule has 0 saturated heterocycles. The lowest BCUT2D eigenvalue weighted by Crippen LogP contribution is -2.19. The Bertz CT molecular complexity index is 1550. The highest BCUT2D eigenvalue weighted by atomic mass is 19.1. The van der Waals surface area contributed by atoms with Gasteiger partial charge in [0, 0.05) is 17.5 Å². The van der Waals surface area contributed by atoms with Gasteiger partial charge in [-0.15, -0.1) is 0 Å². The summed E-state index contributed by atoms with van der Waals surface area (Å²) in [7, 11) is 0. The molecule has 0 fully saturated rings. The van der Waals surface area contributed by atoms with Crippen LogP contribution < -0.4 is 0 Å². The molecule has 1 aliphatic rings. The van der Waals surface area contributed by atoms with Gasteiger partial charge in [-0.3, -0.25) is 9.78 Å². The van der Waals surface area contributed by atoms with E-state index in [4.69, 9.17) is 10.1 Å².